The Bertz CT molecular complexity index is 382. The van der Waals surface area contributed by atoms with Gasteiger partial charge in [0.15, 0.2) is 0 Å². The molecule has 0 spiro atoms. The van der Waals surface area contributed by atoms with Crippen LogP contribution in [-0.4, -0.2) is 19.8 Å². The molecule has 2 rings (SSSR count). The minimum atomic E-state index is 0.198. The molecule has 0 bridgehead atoms. The van der Waals surface area contributed by atoms with E-state index in [9.17, 15) is 0 Å². The SMILES string of the molecule is CC(C)(CNCc1ccccc1)COCC1CCCCC1. The summed E-state index contributed by atoms with van der Waals surface area (Å²) < 4.78 is 6.00. The normalized spacial score (nSPS) is 17.0. The minimum Gasteiger partial charge on any atom is -0.381 e. The topological polar surface area (TPSA) is 21.3 Å². The summed E-state index contributed by atoms with van der Waals surface area (Å²) >= 11 is 0. The lowest BCUT2D eigenvalue weighted by molar-refractivity contribution is 0.0322. The fraction of sp³-hybridized carbons (Fsp3) is 0.684. The molecule has 0 aliphatic heterocycles. The van der Waals surface area contributed by atoms with E-state index in [0.29, 0.717) is 0 Å². The molecule has 0 heterocycles. The van der Waals surface area contributed by atoms with Crippen LogP contribution >= 0.6 is 0 Å². The van der Waals surface area contributed by atoms with Crippen molar-refractivity contribution in [3.63, 3.8) is 0 Å². The first kappa shape index (κ1) is 16.5. The van der Waals surface area contributed by atoms with Crippen molar-refractivity contribution in [1.29, 1.82) is 0 Å². The molecule has 0 aromatic heterocycles. The third-order valence-corrected chi connectivity index (χ3v) is 4.35. The van der Waals surface area contributed by atoms with Crippen molar-refractivity contribution in [3.05, 3.63) is 35.9 Å². The van der Waals surface area contributed by atoms with E-state index in [2.05, 4.69) is 49.5 Å². The van der Waals surface area contributed by atoms with Gasteiger partial charge in [-0.15, -0.1) is 0 Å². The van der Waals surface area contributed by atoms with Gasteiger partial charge in [-0.05, 0) is 24.3 Å². The first-order valence-electron chi connectivity index (χ1n) is 8.48. The maximum atomic E-state index is 6.00. The third-order valence-electron chi connectivity index (χ3n) is 4.35. The molecule has 1 aliphatic rings. The van der Waals surface area contributed by atoms with Crippen LogP contribution in [0.25, 0.3) is 0 Å². The molecule has 1 N–H and O–H groups in total. The molecule has 1 aromatic rings. The van der Waals surface area contributed by atoms with Crippen LogP contribution < -0.4 is 5.32 Å². The summed E-state index contributed by atoms with van der Waals surface area (Å²) in [5.41, 5.74) is 1.54. The van der Waals surface area contributed by atoms with Gasteiger partial charge >= 0.3 is 0 Å². The summed E-state index contributed by atoms with van der Waals surface area (Å²) in [6.07, 6.45) is 6.96. The minimum absolute atomic E-state index is 0.198. The Morgan fingerprint density at radius 2 is 1.81 bits per heavy atom. The Morgan fingerprint density at radius 1 is 1.10 bits per heavy atom. The van der Waals surface area contributed by atoms with Crippen molar-refractivity contribution in [2.45, 2.75) is 52.5 Å². The van der Waals surface area contributed by atoms with Gasteiger partial charge in [-0.3, -0.25) is 0 Å². The fourth-order valence-corrected chi connectivity index (χ4v) is 3.05. The van der Waals surface area contributed by atoms with E-state index in [4.69, 9.17) is 4.74 Å². The first-order valence-corrected chi connectivity index (χ1v) is 8.48. The van der Waals surface area contributed by atoms with Gasteiger partial charge in [-0.25, -0.2) is 0 Å². The first-order chi connectivity index (χ1) is 10.2. The summed E-state index contributed by atoms with van der Waals surface area (Å²) in [5, 5.41) is 3.55. The van der Waals surface area contributed by atoms with Crippen molar-refractivity contribution in [2.24, 2.45) is 11.3 Å². The molecule has 0 saturated heterocycles. The van der Waals surface area contributed by atoms with Crippen LogP contribution in [-0.2, 0) is 11.3 Å². The second kappa shape index (κ2) is 8.55. The third kappa shape index (κ3) is 6.62. The monoisotopic (exact) mass is 289 g/mol. The van der Waals surface area contributed by atoms with Gasteiger partial charge in [-0.2, -0.15) is 0 Å². The summed E-state index contributed by atoms with van der Waals surface area (Å²) in [4.78, 5) is 0. The van der Waals surface area contributed by atoms with Crippen LogP contribution in [0.5, 0.6) is 0 Å². The standard InChI is InChI=1S/C19H31NO/c1-19(2,15-20-13-17-9-5-3-6-10-17)16-21-14-18-11-7-4-8-12-18/h3,5-6,9-10,18,20H,4,7-8,11-16H2,1-2H3. The molecule has 21 heavy (non-hydrogen) atoms. The predicted octanol–water partition coefficient (Wildman–Crippen LogP) is 4.40. The van der Waals surface area contributed by atoms with Gasteiger partial charge in [0.05, 0.1) is 6.61 Å². The molecule has 1 aliphatic carbocycles. The predicted molar refractivity (Wildman–Crippen MR) is 89.3 cm³/mol. The smallest absolute Gasteiger partial charge is 0.0529 e. The Kier molecular flexibility index (Phi) is 6.72. The number of hydrogen-bond donors (Lipinski definition) is 1. The van der Waals surface area contributed by atoms with Crippen LogP contribution in [0.15, 0.2) is 30.3 Å². The molecule has 1 saturated carbocycles. The zero-order valence-corrected chi connectivity index (χ0v) is 13.7. The van der Waals surface area contributed by atoms with Crippen LogP contribution in [0, 0.1) is 11.3 Å². The summed E-state index contributed by atoms with van der Waals surface area (Å²) in [6.45, 7) is 8.31. The van der Waals surface area contributed by atoms with Gasteiger partial charge in [0.2, 0.25) is 0 Å². The van der Waals surface area contributed by atoms with E-state index in [-0.39, 0.29) is 5.41 Å². The van der Waals surface area contributed by atoms with Crippen LogP contribution in [0.3, 0.4) is 0 Å². The summed E-state index contributed by atoms with van der Waals surface area (Å²) in [7, 11) is 0. The van der Waals surface area contributed by atoms with E-state index in [1.807, 2.05) is 0 Å². The number of ether oxygens (including phenoxy) is 1. The second-order valence-electron chi connectivity index (χ2n) is 7.27. The zero-order chi connectivity index (χ0) is 15.0. The molecule has 0 unspecified atom stereocenters. The fourth-order valence-electron chi connectivity index (χ4n) is 3.05. The highest BCUT2D eigenvalue weighted by Gasteiger charge is 2.19. The second-order valence-corrected chi connectivity index (χ2v) is 7.27. The van der Waals surface area contributed by atoms with Gasteiger partial charge < -0.3 is 10.1 Å². The molecule has 2 heteroatoms. The molecular weight excluding hydrogens is 258 g/mol. The van der Waals surface area contributed by atoms with E-state index < -0.39 is 0 Å². The molecular formula is C19H31NO. The van der Waals surface area contributed by atoms with E-state index >= 15 is 0 Å². The Labute approximate surface area is 130 Å². The van der Waals surface area contributed by atoms with Crippen molar-refractivity contribution in [2.75, 3.05) is 19.8 Å². The van der Waals surface area contributed by atoms with Crippen LogP contribution in [0.1, 0.15) is 51.5 Å². The van der Waals surface area contributed by atoms with Crippen LogP contribution in [0.4, 0.5) is 0 Å². The lowest BCUT2D eigenvalue weighted by Gasteiger charge is -2.27. The molecule has 118 valence electrons. The summed E-state index contributed by atoms with van der Waals surface area (Å²) in [5.74, 6) is 0.812. The van der Waals surface area contributed by atoms with Crippen molar-refractivity contribution in [1.82, 2.24) is 5.32 Å². The Balaban J connectivity index is 1.60. The van der Waals surface area contributed by atoms with Crippen molar-refractivity contribution in [3.8, 4) is 0 Å². The maximum Gasteiger partial charge on any atom is 0.0529 e. The quantitative estimate of drug-likeness (QED) is 0.766. The molecule has 1 fully saturated rings. The van der Waals surface area contributed by atoms with E-state index in [0.717, 1.165) is 32.2 Å². The molecule has 0 amide bonds. The average Bonchev–Trinajstić information content (AvgIpc) is 2.49. The molecule has 0 radical (unpaired) electrons. The lowest BCUT2D eigenvalue weighted by Crippen LogP contribution is -2.33. The lowest BCUT2D eigenvalue weighted by atomic mass is 9.90. The van der Waals surface area contributed by atoms with Gasteiger partial charge in [-0.1, -0.05) is 63.4 Å². The highest BCUT2D eigenvalue weighted by molar-refractivity contribution is 5.14. The van der Waals surface area contributed by atoms with Gasteiger partial charge in [0.25, 0.3) is 0 Å². The van der Waals surface area contributed by atoms with Gasteiger partial charge in [0, 0.05) is 25.1 Å². The Hall–Kier alpha value is -0.860. The largest absolute Gasteiger partial charge is 0.381 e. The number of benzene rings is 1. The van der Waals surface area contributed by atoms with Crippen molar-refractivity contribution >= 4 is 0 Å². The number of hydrogen-bond acceptors (Lipinski definition) is 2. The number of rotatable bonds is 8. The zero-order valence-electron chi connectivity index (χ0n) is 13.7. The summed E-state index contributed by atoms with van der Waals surface area (Å²) in [6, 6.07) is 10.6. The average molecular weight is 289 g/mol. The molecule has 2 nitrogen and oxygen atoms in total. The van der Waals surface area contributed by atoms with Crippen molar-refractivity contribution < 1.29 is 4.74 Å². The highest BCUT2D eigenvalue weighted by atomic mass is 16.5. The molecule has 0 atom stereocenters. The Morgan fingerprint density at radius 3 is 2.52 bits per heavy atom. The van der Waals surface area contributed by atoms with E-state index in [1.165, 1.54) is 37.7 Å². The highest BCUT2D eigenvalue weighted by Crippen LogP contribution is 2.24. The maximum absolute atomic E-state index is 6.00. The van der Waals surface area contributed by atoms with Crippen LogP contribution in [0.2, 0.25) is 0 Å². The molecule has 1 aromatic carbocycles. The van der Waals surface area contributed by atoms with Gasteiger partial charge in [0.1, 0.15) is 0 Å². The number of nitrogens with one attached hydrogen (secondary N) is 1. The van der Waals surface area contributed by atoms with E-state index in [1.54, 1.807) is 0 Å².